The molecule has 2 rings (SSSR count). The number of phenolic OH excluding ortho intramolecular Hbond substituents is 1. The number of rotatable bonds is 6. The third-order valence-corrected chi connectivity index (χ3v) is 3.66. The zero-order chi connectivity index (χ0) is 17.5. The van der Waals surface area contributed by atoms with E-state index in [4.69, 9.17) is 9.47 Å². The van der Waals surface area contributed by atoms with Gasteiger partial charge in [0.05, 0.1) is 7.11 Å². The molecule has 0 saturated heterocycles. The smallest absolute Gasteiger partial charge is 0.331 e. The summed E-state index contributed by atoms with van der Waals surface area (Å²) in [6.45, 7) is -0.330. The van der Waals surface area contributed by atoms with Crippen LogP contribution in [0.1, 0.15) is 15.9 Å². The van der Waals surface area contributed by atoms with Gasteiger partial charge in [-0.25, -0.2) is 4.79 Å². The number of hydrogen-bond donors (Lipinski definition) is 1. The van der Waals surface area contributed by atoms with Gasteiger partial charge in [0.15, 0.2) is 23.9 Å². The van der Waals surface area contributed by atoms with Crippen LogP contribution >= 0.6 is 15.9 Å². The van der Waals surface area contributed by atoms with E-state index in [2.05, 4.69) is 15.9 Å². The minimum atomic E-state index is -0.632. The Bertz CT molecular complexity index is 765. The molecule has 0 aliphatic heterocycles. The maximum Gasteiger partial charge on any atom is 0.331 e. The quantitative estimate of drug-likeness (QED) is 0.463. The van der Waals surface area contributed by atoms with Gasteiger partial charge in [0.1, 0.15) is 0 Å². The van der Waals surface area contributed by atoms with Gasteiger partial charge in [-0.1, -0.05) is 34.1 Å². The van der Waals surface area contributed by atoms with Gasteiger partial charge < -0.3 is 14.6 Å². The van der Waals surface area contributed by atoms with Crippen LogP contribution in [0.3, 0.4) is 0 Å². The van der Waals surface area contributed by atoms with Gasteiger partial charge in [-0.3, -0.25) is 4.79 Å². The molecule has 0 saturated carbocycles. The number of Topliss-reactive ketones (excluding diaryl/α,β-unsaturated/α-hetero) is 1. The summed E-state index contributed by atoms with van der Waals surface area (Å²) < 4.78 is 10.8. The fourth-order valence-electron chi connectivity index (χ4n) is 1.87. The van der Waals surface area contributed by atoms with Gasteiger partial charge in [0.25, 0.3) is 0 Å². The van der Waals surface area contributed by atoms with E-state index in [9.17, 15) is 14.7 Å². The van der Waals surface area contributed by atoms with Crippen LogP contribution in [0.25, 0.3) is 6.08 Å². The van der Waals surface area contributed by atoms with Crippen LogP contribution in [0, 0.1) is 0 Å². The fourth-order valence-corrected chi connectivity index (χ4v) is 2.13. The standard InChI is InChI=1S/C18H15BrO5/c1-23-17-10-12(2-8-15(17)20)3-9-18(22)24-11-16(21)13-4-6-14(19)7-5-13/h2-10,20H,11H2,1H3/b9-3+. The SMILES string of the molecule is COc1cc(/C=C/C(=O)OCC(=O)c2ccc(Br)cc2)ccc1O. The molecule has 0 unspecified atom stereocenters. The zero-order valence-electron chi connectivity index (χ0n) is 12.9. The van der Waals surface area contributed by atoms with Gasteiger partial charge in [-0.15, -0.1) is 0 Å². The molecule has 0 aliphatic carbocycles. The van der Waals surface area contributed by atoms with Crippen molar-refractivity contribution in [1.82, 2.24) is 0 Å². The average molecular weight is 391 g/mol. The summed E-state index contributed by atoms with van der Waals surface area (Å²) >= 11 is 3.28. The second kappa shape index (κ2) is 8.31. The van der Waals surface area contributed by atoms with E-state index < -0.39 is 5.97 Å². The molecule has 5 nitrogen and oxygen atoms in total. The van der Waals surface area contributed by atoms with E-state index in [1.807, 2.05) is 0 Å². The topological polar surface area (TPSA) is 72.8 Å². The summed E-state index contributed by atoms with van der Waals surface area (Å²) in [6, 6.07) is 11.4. The minimum Gasteiger partial charge on any atom is -0.504 e. The second-order valence-electron chi connectivity index (χ2n) is 4.80. The summed E-state index contributed by atoms with van der Waals surface area (Å²) in [5.74, 6) is -0.601. The first kappa shape index (κ1) is 17.7. The zero-order valence-corrected chi connectivity index (χ0v) is 14.4. The minimum absolute atomic E-state index is 0.0114. The van der Waals surface area contributed by atoms with Crippen molar-refractivity contribution in [3.05, 3.63) is 64.1 Å². The van der Waals surface area contributed by atoms with Crippen molar-refractivity contribution in [2.45, 2.75) is 0 Å². The summed E-state index contributed by atoms with van der Waals surface area (Å²) in [6.07, 6.45) is 2.72. The molecule has 0 atom stereocenters. The number of esters is 1. The van der Waals surface area contributed by atoms with Crippen LogP contribution in [-0.4, -0.2) is 30.6 Å². The Morgan fingerprint density at radius 3 is 2.54 bits per heavy atom. The average Bonchev–Trinajstić information content (AvgIpc) is 2.59. The van der Waals surface area contributed by atoms with E-state index in [1.54, 1.807) is 36.4 Å². The lowest BCUT2D eigenvalue weighted by molar-refractivity contribution is -0.136. The predicted octanol–water partition coefficient (Wildman–Crippen LogP) is 3.60. The number of phenols is 1. The molecule has 0 heterocycles. The molecule has 2 aromatic rings. The monoisotopic (exact) mass is 390 g/mol. The molecule has 1 N–H and O–H groups in total. The van der Waals surface area contributed by atoms with Gasteiger partial charge in [-0.05, 0) is 35.9 Å². The molecule has 0 aliphatic rings. The summed E-state index contributed by atoms with van der Waals surface area (Å²) in [7, 11) is 1.44. The van der Waals surface area contributed by atoms with Crippen LogP contribution in [-0.2, 0) is 9.53 Å². The van der Waals surface area contributed by atoms with E-state index in [1.165, 1.54) is 25.3 Å². The molecule has 0 amide bonds. The van der Waals surface area contributed by atoms with Crippen molar-refractivity contribution >= 4 is 33.8 Å². The van der Waals surface area contributed by atoms with E-state index >= 15 is 0 Å². The number of carbonyl (C=O) groups is 2. The maximum atomic E-state index is 11.9. The summed E-state index contributed by atoms with van der Waals surface area (Å²) in [4.78, 5) is 23.6. The number of carbonyl (C=O) groups excluding carboxylic acids is 2. The van der Waals surface area contributed by atoms with Crippen LogP contribution in [0.5, 0.6) is 11.5 Å². The van der Waals surface area contributed by atoms with Crippen LogP contribution in [0.2, 0.25) is 0 Å². The molecule has 124 valence electrons. The van der Waals surface area contributed by atoms with Crippen LogP contribution in [0.4, 0.5) is 0 Å². The highest BCUT2D eigenvalue weighted by atomic mass is 79.9. The van der Waals surface area contributed by atoms with Gasteiger partial charge in [0.2, 0.25) is 0 Å². The van der Waals surface area contributed by atoms with Crippen molar-refractivity contribution in [2.75, 3.05) is 13.7 Å². The molecule has 24 heavy (non-hydrogen) atoms. The van der Waals surface area contributed by atoms with Gasteiger partial charge in [0, 0.05) is 16.1 Å². The first-order chi connectivity index (χ1) is 11.5. The molecule has 0 spiro atoms. The normalized spacial score (nSPS) is 10.6. The van der Waals surface area contributed by atoms with Gasteiger partial charge >= 0.3 is 5.97 Å². The molecular formula is C18H15BrO5. The molecule has 0 fully saturated rings. The van der Waals surface area contributed by atoms with E-state index in [-0.39, 0.29) is 18.1 Å². The van der Waals surface area contributed by atoms with Gasteiger partial charge in [-0.2, -0.15) is 0 Å². The molecular weight excluding hydrogens is 376 g/mol. The Balaban J connectivity index is 1.91. The maximum absolute atomic E-state index is 11.9. The highest BCUT2D eigenvalue weighted by Crippen LogP contribution is 2.26. The number of benzene rings is 2. The highest BCUT2D eigenvalue weighted by molar-refractivity contribution is 9.10. The lowest BCUT2D eigenvalue weighted by atomic mass is 10.1. The third kappa shape index (κ3) is 4.96. The molecule has 6 heteroatoms. The Labute approximate surface area is 147 Å². The number of ketones is 1. The Morgan fingerprint density at radius 1 is 1.17 bits per heavy atom. The van der Waals surface area contributed by atoms with Crippen molar-refractivity contribution in [3.8, 4) is 11.5 Å². The molecule has 0 aromatic heterocycles. The Hall–Kier alpha value is -2.60. The van der Waals surface area contributed by atoms with Crippen LogP contribution in [0.15, 0.2) is 53.0 Å². The van der Waals surface area contributed by atoms with Crippen molar-refractivity contribution in [3.63, 3.8) is 0 Å². The van der Waals surface area contributed by atoms with E-state index in [0.717, 1.165) is 4.47 Å². The fraction of sp³-hybridized carbons (Fsp3) is 0.111. The first-order valence-electron chi connectivity index (χ1n) is 7.00. The largest absolute Gasteiger partial charge is 0.504 e. The second-order valence-corrected chi connectivity index (χ2v) is 5.72. The van der Waals surface area contributed by atoms with Crippen LogP contribution < -0.4 is 4.74 Å². The Morgan fingerprint density at radius 2 is 1.88 bits per heavy atom. The van der Waals surface area contributed by atoms with Crippen molar-refractivity contribution in [1.29, 1.82) is 0 Å². The number of halogens is 1. The number of methoxy groups -OCH3 is 1. The third-order valence-electron chi connectivity index (χ3n) is 3.13. The predicted molar refractivity (Wildman–Crippen MR) is 93.1 cm³/mol. The molecule has 0 bridgehead atoms. The molecule has 2 aromatic carbocycles. The lowest BCUT2D eigenvalue weighted by Crippen LogP contribution is -2.12. The van der Waals surface area contributed by atoms with Crippen molar-refractivity contribution in [2.24, 2.45) is 0 Å². The summed E-state index contributed by atoms with van der Waals surface area (Å²) in [5, 5.41) is 9.50. The number of aromatic hydroxyl groups is 1. The number of ether oxygens (including phenoxy) is 2. The number of hydrogen-bond acceptors (Lipinski definition) is 5. The van der Waals surface area contributed by atoms with E-state index in [0.29, 0.717) is 16.9 Å². The summed E-state index contributed by atoms with van der Waals surface area (Å²) in [5.41, 5.74) is 1.12. The lowest BCUT2D eigenvalue weighted by Gasteiger charge is -2.04. The van der Waals surface area contributed by atoms with Crippen molar-refractivity contribution < 1.29 is 24.2 Å². The highest BCUT2D eigenvalue weighted by Gasteiger charge is 2.08. The molecule has 0 radical (unpaired) electrons. The first-order valence-corrected chi connectivity index (χ1v) is 7.79. The Kier molecular flexibility index (Phi) is 6.14.